The summed E-state index contributed by atoms with van der Waals surface area (Å²) < 4.78 is 1.66. The highest BCUT2D eigenvalue weighted by Crippen LogP contribution is 2.25. The first kappa shape index (κ1) is 19.3. The van der Waals surface area contributed by atoms with Crippen molar-refractivity contribution in [2.45, 2.75) is 18.9 Å². The zero-order valence-electron chi connectivity index (χ0n) is 15.9. The van der Waals surface area contributed by atoms with E-state index in [2.05, 4.69) is 25.4 Å². The van der Waals surface area contributed by atoms with E-state index in [1.165, 1.54) is 0 Å². The summed E-state index contributed by atoms with van der Waals surface area (Å²) in [6.45, 7) is 3.47. The second kappa shape index (κ2) is 9.00. The fourth-order valence-corrected chi connectivity index (χ4v) is 3.70. The van der Waals surface area contributed by atoms with E-state index in [4.69, 9.17) is 11.6 Å². The van der Waals surface area contributed by atoms with E-state index in [-0.39, 0.29) is 11.8 Å². The first-order chi connectivity index (χ1) is 14.2. The Balaban J connectivity index is 1.40. The molecular formula is C20H22ClN7O. The van der Waals surface area contributed by atoms with Gasteiger partial charge in [0, 0.05) is 49.7 Å². The Labute approximate surface area is 174 Å². The highest BCUT2D eigenvalue weighted by molar-refractivity contribution is 6.30. The van der Waals surface area contributed by atoms with Crippen LogP contribution in [0.5, 0.6) is 0 Å². The molecule has 3 aromatic rings. The predicted molar refractivity (Wildman–Crippen MR) is 110 cm³/mol. The molecule has 2 aromatic heterocycles. The molecule has 1 atom stereocenters. The molecule has 150 valence electrons. The number of tetrazole rings is 1. The van der Waals surface area contributed by atoms with Crippen molar-refractivity contribution >= 4 is 23.3 Å². The van der Waals surface area contributed by atoms with Gasteiger partial charge in [-0.3, -0.25) is 4.79 Å². The fourth-order valence-electron chi connectivity index (χ4n) is 3.58. The summed E-state index contributed by atoms with van der Waals surface area (Å²) >= 11 is 6.03. The third kappa shape index (κ3) is 4.89. The molecule has 1 saturated heterocycles. The number of halogens is 1. The lowest BCUT2D eigenvalue weighted by Crippen LogP contribution is -2.49. The van der Waals surface area contributed by atoms with Gasteiger partial charge in [0.05, 0.1) is 6.54 Å². The van der Waals surface area contributed by atoms with Gasteiger partial charge in [0.25, 0.3) is 0 Å². The lowest BCUT2D eigenvalue weighted by atomic mass is 9.95. The van der Waals surface area contributed by atoms with Crippen LogP contribution in [0.25, 0.3) is 0 Å². The minimum Gasteiger partial charge on any atom is -0.353 e. The van der Waals surface area contributed by atoms with Gasteiger partial charge in [-0.15, -0.1) is 5.10 Å². The van der Waals surface area contributed by atoms with Gasteiger partial charge >= 0.3 is 0 Å². The zero-order chi connectivity index (χ0) is 20.1. The molecule has 1 amide bonds. The lowest BCUT2D eigenvalue weighted by Gasteiger charge is -2.36. The standard InChI is InChI=1S/C20H22ClN7O/c21-18-6-4-16(5-7-18)17(14-28-15-23-24-25-28)13-20(29)27-11-9-26(10-12-27)19-3-1-2-8-22-19/h1-8,15,17H,9-14H2/t17-/m0/s1. The van der Waals surface area contributed by atoms with E-state index in [0.29, 0.717) is 31.1 Å². The number of anilines is 1. The summed E-state index contributed by atoms with van der Waals surface area (Å²) in [4.78, 5) is 21.6. The van der Waals surface area contributed by atoms with Crippen molar-refractivity contribution < 1.29 is 4.79 Å². The van der Waals surface area contributed by atoms with Crippen molar-refractivity contribution in [1.82, 2.24) is 30.1 Å². The van der Waals surface area contributed by atoms with E-state index in [9.17, 15) is 4.79 Å². The maximum absolute atomic E-state index is 13.0. The normalized spacial score (nSPS) is 15.3. The molecule has 0 N–H and O–H groups in total. The van der Waals surface area contributed by atoms with Crippen LogP contribution < -0.4 is 4.90 Å². The monoisotopic (exact) mass is 411 g/mol. The number of pyridine rings is 1. The molecule has 0 saturated carbocycles. The number of carbonyl (C=O) groups excluding carboxylic acids is 1. The molecule has 0 aliphatic carbocycles. The van der Waals surface area contributed by atoms with Crippen LogP contribution in [0.1, 0.15) is 17.9 Å². The fraction of sp³-hybridized carbons (Fsp3) is 0.350. The Hall–Kier alpha value is -3.00. The highest BCUT2D eigenvalue weighted by atomic mass is 35.5. The molecule has 0 radical (unpaired) electrons. The van der Waals surface area contributed by atoms with Gasteiger partial charge in [-0.1, -0.05) is 29.8 Å². The molecule has 0 spiro atoms. The summed E-state index contributed by atoms with van der Waals surface area (Å²) in [5.74, 6) is 1.06. The van der Waals surface area contributed by atoms with E-state index in [1.807, 2.05) is 47.4 Å². The molecule has 8 nitrogen and oxygen atoms in total. The van der Waals surface area contributed by atoms with Crippen LogP contribution in [-0.2, 0) is 11.3 Å². The molecule has 9 heteroatoms. The van der Waals surface area contributed by atoms with Crippen LogP contribution in [0.3, 0.4) is 0 Å². The minimum atomic E-state index is -0.0305. The van der Waals surface area contributed by atoms with Crippen molar-refractivity contribution in [3.05, 3.63) is 65.6 Å². The number of amides is 1. The van der Waals surface area contributed by atoms with Gasteiger partial charge in [0.15, 0.2) is 0 Å². The highest BCUT2D eigenvalue weighted by Gasteiger charge is 2.25. The smallest absolute Gasteiger partial charge is 0.223 e. The molecule has 1 fully saturated rings. The lowest BCUT2D eigenvalue weighted by molar-refractivity contribution is -0.132. The SMILES string of the molecule is O=C(C[C@@H](Cn1cnnn1)c1ccc(Cl)cc1)N1CCN(c2ccccn2)CC1. The molecule has 4 rings (SSSR count). The van der Waals surface area contributed by atoms with Crippen LogP contribution in [0.2, 0.25) is 5.02 Å². The van der Waals surface area contributed by atoms with E-state index in [0.717, 1.165) is 24.5 Å². The summed E-state index contributed by atoms with van der Waals surface area (Å²) in [5.41, 5.74) is 1.05. The number of hydrogen-bond donors (Lipinski definition) is 0. The van der Waals surface area contributed by atoms with E-state index < -0.39 is 0 Å². The second-order valence-electron chi connectivity index (χ2n) is 7.04. The molecule has 0 unspecified atom stereocenters. The Kier molecular flexibility index (Phi) is 6.00. The van der Waals surface area contributed by atoms with Crippen molar-refractivity contribution in [2.24, 2.45) is 0 Å². The average molecular weight is 412 g/mol. The molecule has 1 aliphatic heterocycles. The largest absolute Gasteiger partial charge is 0.353 e. The Bertz CT molecular complexity index is 910. The molecule has 29 heavy (non-hydrogen) atoms. The second-order valence-corrected chi connectivity index (χ2v) is 7.48. The van der Waals surface area contributed by atoms with Crippen LogP contribution >= 0.6 is 11.6 Å². The number of benzene rings is 1. The summed E-state index contributed by atoms with van der Waals surface area (Å²) in [7, 11) is 0. The minimum absolute atomic E-state index is 0.0305. The van der Waals surface area contributed by atoms with Gasteiger partial charge in [-0.2, -0.15) is 0 Å². The third-order valence-corrected chi connectivity index (χ3v) is 5.42. The van der Waals surface area contributed by atoms with Crippen molar-refractivity contribution in [2.75, 3.05) is 31.1 Å². The number of nitrogens with zero attached hydrogens (tertiary/aromatic N) is 7. The molecule has 3 heterocycles. The number of hydrogen-bond acceptors (Lipinski definition) is 6. The van der Waals surface area contributed by atoms with Gasteiger partial charge in [0.1, 0.15) is 12.1 Å². The molecule has 1 aromatic carbocycles. The van der Waals surface area contributed by atoms with Crippen molar-refractivity contribution in [1.29, 1.82) is 0 Å². The predicted octanol–water partition coefficient (Wildman–Crippen LogP) is 2.24. The van der Waals surface area contributed by atoms with E-state index in [1.54, 1.807) is 17.2 Å². The van der Waals surface area contributed by atoms with Gasteiger partial charge in [-0.25, -0.2) is 9.67 Å². The first-order valence-corrected chi connectivity index (χ1v) is 9.97. The zero-order valence-corrected chi connectivity index (χ0v) is 16.7. The van der Waals surface area contributed by atoms with E-state index >= 15 is 0 Å². The van der Waals surface area contributed by atoms with Crippen LogP contribution in [0.15, 0.2) is 55.0 Å². The van der Waals surface area contributed by atoms with Gasteiger partial charge in [0.2, 0.25) is 5.91 Å². The molecule has 0 bridgehead atoms. The Morgan fingerprint density at radius 1 is 1.07 bits per heavy atom. The van der Waals surface area contributed by atoms with Gasteiger partial charge < -0.3 is 9.80 Å². The number of piperazine rings is 1. The van der Waals surface area contributed by atoms with Crippen LogP contribution in [-0.4, -0.2) is 62.2 Å². The first-order valence-electron chi connectivity index (χ1n) is 9.59. The number of aromatic nitrogens is 5. The third-order valence-electron chi connectivity index (χ3n) is 5.17. The number of carbonyl (C=O) groups is 1. The maximum atomic E-state index is 13.0. The average Bonchev–Trinajstić information content (AvgIpc) is 3.28. The van der Waals surface area contributed by atoms with Gasteiger partial charge in [-0.05, 0) is 40.3 Å². The van der Waals surface area contributed by atoms with Crippen molar-refractivity contribution in [3.8, 4) is 0 Å². The Morgan fingerprint density at radius 2 is 1.86 bits per heavy atom. The number of rotatable bonds is 6. The Morgan fingerprint density at radius 3 is 2.52 bits per heavy atom. The quantitative estimate of drug-likeness (QED) is 0.619. The maximum Gasteiger partial charge on any atom is 0.223 e. The topological polar surface area (TPSA) is 80.0 Å². The van der Waals surface area contributed by atoms with Crippen molar-refractivity contribution in [3.63, 3.8) is 0 Å². The molecular weight excluding hydrogens is 390 g/mol. The summed E-state index contributed by atoms with van der Waals surface area (Å²) in [5, 5.41) is 12.0. The molecule has 1 aliphatic rings. The summed E-state index contributed by atoms with van der Waals surface area (Å²) in [6.07, 6.45) is 3.76. The summed E-state index contributed by atoms with van der Waals surface area (Å²) in [6, 6.07) is 13.5. The van der Waals surface area contributed by atoms with Crippen LogP contribution in [0, 0.1) is 0 Å². The van der Waals surface area contributed by atoms with Crippen LogP contribution in [0.4, 0.5) is 5.82 Å².